The second-order valence-electron chi connectivity index (χ2n) is 15.6. The summed E-state index contributed by atoms with van der Waals surface area (Å²) in [7, 11) is 0. The van der Waals surface area contributed by atoms with E-state index in [0.29, 0.717) is 17.1 Å². The van der Waals surface area contributed by atoms with Gasteiger partial charge in [-0.15, -0.1) is 0 Å². The van der Waals surface area contributed by atoms with Gasteiger partial charge in [0.2, 0.25) is 0 Å². The molecular weight excluding hydrogens is 659 g/mol. The summed E-state index contributed by atoms with van der Waals surface area (Å²) in [5.74, 6) is 0.774. The molecule has 0 bridgehead atoms. The Balaban J connectivity index is 1.64. The van der Waals surface area contributed by atoms with Crippen molar-refractivity contribution in [1.82, 2.24) is 4.98 Å². The second-order valence-corrected chi connectivity index (χ2v) is 15.6. The monoisotopic (exact) mass is 707 g/mol. The molecule has 0 spiro atoms. The molecule has 0 fully saturated rings. The van der Waals surface area contributed by atoms with Crippen molar-refractivity contribution in [2.24, 2.45) is 4.99 Å². The summed E-state index contributed by atoms with van der Waals surface area (Å²) in [4.78, 5) is 12.0. The van der Waals surface area contributed by atoms with Gasteiger partial charge in [0.15, 0.2) is 0 Å². The number of nitrogens with zero attached hydrogens (tertiary/aromatic N) is 3. The highest BCUT2D eigenvalue weighted by Crippen LogP contribution is 2.42. The SMILES string of the molecule is C=CN=C(C=C)N(c1cccc(-c2cc(-c3cc(C(C)(C)C)cc(C(C)(C)C)c3)cc(-c3ccccc3O)n2)c1)c1c(C=C)c(C=C)cc2ccccc12. The lowest BCUT2D eigenvalue weighted by atomic mass is 9.79. The quantitative estimate of drug-likeness (QED) is 0.120. The van der Waals surface area contributed by atoms with Crippen molar-refractivity contribution in [2.75, 3.05) is 4.90 Å². The highest BCUT2D eigenvalue weighted by molar-refractivity contribution is 6.17. The minimum Gasteiger partial charge on any atom is -0.507 e. The van der Waals surface area contributed by atoms with Gasteiger partial charge < -0.3 is 5.11 Å². The minimum absolute atomic E-state index is 0.0581. The first-order valence-electron chi connectivity index (χ1n) is 18.3. The average molecular weight is 708 g/mol. The Morgan fingerprint density at radius 3 is 1.94 bits per heavy atom. The number of rotatable bonds is 9. The molecule has 0 aliphatic carbocycles. The summed E-state index contributed by atoms with van der Waals surface area (Å²) in [5.41, 5.74) is 11.1. The van der Waals surface area contributed by atoms with Crippen molar-refractivity contribution in [1.29, 1.82) is 0 Å². The fourth-order valence-corrected chi connectivity index (χ4v) is 6.80. The number of aliphatic imine (C=N–C) groups is 1. The van der Waals surface area contributed by atoms with E-state index in [-0.39, 0.29) is 16.6 Å². The number of para-hydroxylation sites is 1. The van der Waals surface area contributed by atoms with Gasteiger partial charge in [0.1, 0.15) is 11.6 Å². The van der Waals surface area contributed by atoms with Crippen LogP contribution in [0.1, 0.15) is 63.8 Å². The van der Waals surface area contributed by atoms with Gasteiger partial charge in [0.05, 0.1) is 17.1 Å². The molecule has 0 radical (unpaired) electrons. The maximum absolute atomic E-state index is 11.1. The third-order valence-electron chi connectivity index (χ3n) is 9.78. The molecule has 0 amide bonds. The molecule has 0 saturated carbocycles. The number of benzene rings is 5. The molecule has 0 saturated heterocycles. The molecule has 0 aliphatic heterocycles. The Morgan fingerprint density at radius 1 is 0.667 bits per heavy atom. The van der Waals surface area contributed by atoms with Crippen LogP contribution in [-0.2, 0) is 10.8 Å². The smallest absolute Gasteiger partial charge is 0.136 e. The summed E-state index contributed by atoms with van der Waals surface area (Å²) >= 11 is 0. The third kappa shape index (κ3) is 7.47. The van der Waals surface area contributed by atoms with Crippen LogP contribution < -0.4 is 4.90 Å². The lowest BCUT2D eigenvalue weighted by Crippen LogP contribution is -2.25. The Labute approximate surface area is 320 Å². The van der Waals surface area contributed by atoms with Crippen molar-refractivity contribution >= 4 is 40.1 Å². The van der Waals surface area contributed by atoms with E-state index in [4.69, 9.17) is 9.98 Å². The molecule has 6 rings (SSSR count). The van der Waals surface area contributed by atoms with Gasteiger partial charge in [-0.1, -0.05) is 147 Å². The number of hydrogen-bond acceptors (Lipinski definition) is 3. The van der Waals surface area contributed by atoms with E-state index >= 15 is 0 Å². The normalized spacial score (nSPS) is 12.0. The van der Waals surface area contributed by atoms with Gasteiger partial charge in [-0.05, 0) is 92.6 Å². The topological polar surface area (TPSA) is 48.7 Å². The fourth-order valence-electron chi connectivity index (χ4n) is 6.80. The summed E-state index contributed by atoms with van der Waals surface area (Å²) in [5, 5.41) is 13.1. The number of pyridine rings is 1. The van der Waals surface area contributed by atoms with E-state index in [1.54, 1.807) is 12.1 Å². The van der Waals surface area contributed by atoms with Crippen LogP contribution in [0.3, 0.4) is 0 Å². The molecular formula is C50H49N3O. The van der Waals surface area contributed by atoms with E-state index < -0.39 is 0 Å². The van der Waals surface area contributed by atoms with Crippen molar-refractivity contribution in [2.45, 2.75) is 52.4 Å². The van der Waals surface area contributed by atoms with Crippen molar-refractivity contribution < 1.29 is 5.11 Å². The molecule has 4 nitrogen and oxygen atoms in total. The predicted octanol–water partition coefficient (Wildman–Crippen LogP) is 13.7. The average Bonchev–Trinajstić information content (AvgIpc) is 3.16. The van der Waals surface area contributed by atoms with Crippen LogP contribution >= 0.6 is 0 Å². The van der Waals surface area contributed by atoms with E-state index in [2.05, 4.69) is 139 Å². The van der Waals surface area contributed by atoms with Gasteiger partial charge >= 0.3 is 0 Å². The molecule has 1 N–H and O–H groups in total. The Kier molecular flexibility index (Phi) is 10.4. The molecule has 0 unspecified atom stereocenters. The number of phenolic OH excluding ortho intramolecular Hbond substituents is 1. The van der Waals surface area contributed by atoms with Gasteiger partial charge in [-0.2, -0.15) is 0 Å². The number of aromatic hydroxyl groups is 1. The zero-order chi connectivity index (χ0) is 38.8. The molecule has 0 atom stereocenters. The number of phenols is 1. The van der Waals surface area contributed by atoms with Crippen LogP contribution in [0.15, 0.2) is 153 Å². The zero-order valence-electron chi connectivity index (χ0n) is 32.3. The molecule has 1 heterocycles. The predicted molar refractivity (Wildman–Crippen MR) is 234 cm³/mol. The van der Waals surface area contributed by atoms with Crippen LogP contribution in [0.5, 0.6) is 5.75 Å². The number of amidine groups is 1. The first-order valence-corrected chi connectivity index (χ1v) is 18.3. The molecule has 0 aliphatic rings. The van der Waals surface area contributed by atoms with Gasteiger partial charge in [-0.3, -0.25) is 4.90 Å². The van der Waals surface area contributed by atoms with Crippen molar-refractivity contribution in [3.63, 3.8) is 0 Å². The minimum atomic E-state index is -0.0581. The maximum atomic E-state index is 11.1. The van der Waals surface area contributed by atoms with Crippen LogP contribution in [0.25, 0.3) is 56.6 Å². The highest BCUT2D eigenvalue weighted by Gasteiger charge is 2.24. The molecule has 1 aromatic heterocycles. The van der Waals surface area contributed by atoms with Crippen LogP contribution in [0.2, 0.25) is 0 Å². The summed E-state index contributed by atoms with van der Waals surface area (Å²) < 4.78 is 0. The molecule has 270 valence electrons. The fraction of sp³-hybridized carbons (Fsp3) is 0.160. The molecule has 4 heteroatoms. The first kappa shape index (κ1) is 37.5. The Morgan fingerprint density at radius 2 is 1.31 bits per heavy atom. The van der Waals surface area contributed by atoms with Crippen molar-refractivity contribution in [3.8, 4) is 39.4 Å². The third-order valence-corrected chi connectivity index (χ3v) is 9.78. The lowest BCUT2D eigenvalue weighted by molar-refractivity contribution is 0.477. The summed E-state index contributed by atoms with van der Waals surface area (Å²) in [6, 6.07) is 37.2. The van der Waals surface area contributed by atoms with Gasteiger partial charge in [0, 0.05) is 34.0 Å². The Bertz CT molecular complexity index is 2420. The highest BCUT2D eigenvalue weighted by atomic mass is 16.3. The van der Waals surface area contributed by atoms with Crippen molar-refractivity contribution in [3.05, 3.63) is 170 Å². The van der Waals surface area contributed by atoms with Gasteiger partial charge in [-0.25, -0.2) is 9.98 Å². The number of hydrogen-bond donors (Lipinski definition) is 1. The second kappa shape index (κ2) is 15.0. The zero-order valence-corrected chi connectivity index (χ0v) is 32.3. The molecule has 5 aromatic carbocycles. The number of fused-ring (bicyclic) bond motifs is 1. The molecule has 6 aromatic rings. The van der Waals surface area contributed by atoms with E-state index in [1.165, 1.54) is 17.3 Å². The van der Waals surface area contributed by atoms with E-state index in [1.807, 2.05) is 48.6 Å². The van der Waals surface area contributed by atoms with E-state index in [9.17, 15) is 5.11 Å². The van der Waals surface area contributed by atoms with Crippen LogP contribution in [-0.4, -0.2) is 15.9 Å². The van der Waals surface area contributed by atoms with Crippen LogP contribution in [0.4, 0.5) is 11.4 Å². The Hall–Kier alpha value is -6.26. The van der Waals surface area contributed by atoms with E-state index in [0.717, 1.165) is 55.7 Å². The standard InChI is InChI=1S/C50H49N3O/c1-11-33-26-34-20-15-16-23-42(34)48(41(33)12-2)53(47(13-3)51-14-4)40-22-19-21-35(29-40)44-30-37(31-45(52-44)43-24-17-18-25-46(43)54)36-27-38(49(5,6)7)32-39(28-36)50(8,9)10/h11-32,54H,1-4H2,5-10H3. The van der Waals surface area contributed by atoms with Gasteiger partial charge in [0.25, 0.3) is 0 Å². The summed E-state index contributed by atoms with van der Waals surface area (Å²) in [6.45, 7) is 29.9. The maximum Gasteiger partial charge on any atom is 0.136 e. The lowest BCUT2D eigenvalue weighted by Gasteiger charge is -2.29. The summed E-state index contributed by atoms with van der Waals surface area (Å²) in [6.07, 6.45) is 6.99. The van der Waals surface area contributed by atoms with Crippen LogP contribution in [0, 0.1) is 0 Å². The number of anilines is 2. The largest absolute Gasteiger partial charge is 0.507 e. The first-order chi connectivity index (χ1) is 25.8. The molecule has 54 heavy (non-hydrogen) atoms. The number of aromatic nitrogens is 1.